The smallest absolute Gasteiger partial charge is 0.175 e. The van der Waals surface area contributed by atoms with Crippen LogP contribution in [0.1, 0.15) is 29.3 Å². The summed E-state index contributed by atoms with van der Waals surface area (Å²) in [5.74, 6) is 0.0639. The van der Waals surface area contributed by atoms with Gasteiger partial charge in [0.15, 0.2) is 5.78 Å². The Hall–Kier alpha value is -1.00. The maximum absolute atomic E-state index is 12.2. The zero-order chi connectivity index (χ0) is 13.1. The Morgan fingerprint density at radius 2 is 2.17 bits per heavy atom. The molecule has 0 bridgehead atoms. The molecule has 1 fully saturated rings. The molecule has 0 saturated carbocycles. The van der Waals surface area contributed by atoms with Crippen molar-refractivity contribution in [3.05, 3.63) is 35.4 Å². The van der Waals surface area contributed by atoms with E-state index in [2.05, 4.69) is 0 Å². The van der Waals surface area contributed by atoms with Gasteiger partial charge >= 0.3 is 0 Å². The van der Waals surface area contributed by atoms with Crippen molar-refractivity contribution in [2.24, 2.45) is 0 Å². The van der Waals surface area contributed by atoms with Crippen LogP contribution in [0.2, 0.25) is 0 Å². The van der Waals surface area contributed by atoms with E-state index in [9.17, 15) is 9.00 Å². The van der Waals surface area contributed by atoms with Crippen LogP contribution < -0.4 is 0 Å². The maximum atomic E-state index is 12.2. The standard InChI is InChI=1S/C14H18O3S/c1-10-5-3-4-6-12(10)13(15)9-18(16)14-7-8-17-11(14)2/h3-6,11,14H,7-9H2,1-2H3. The first-order valence-electron chi connectivity index (χ1n) is 6.17. The molecule has 98 valence electrons. The molecular weight excluding hydrogens is 248 g/mol. The highest BCUT2D eigenvalue weighted by Gasteiger charge is 2.30. The number of rotatable bonds is 4. The third-order valence-corrected chi connectivity index (χ3v) is 5.20. The Labute approximate surface area is 110 Å². The molecule has 1 aliphatic rings. The lowest BCUT2D eigenvalue weighted by Crippen LogP contribution is -2.28. The number of carbonyl (C=O) groups excluding carboxylic acids is 1. The summed E-state index contributed by atoms with van der Waals surface area (Å²) in [7, 11) is -1.14. The van der Waals surface area contributed by atoms with E-state index in [1.54, 1.807) is 6.07 Å². The molecule has 1 heterocycles. The van der Waals surface area contributed by atoms with Crippen LogP contribution in [0.25, 0.3) is 0 Å². The van der Waals surface area contributed by atoms with Gasteiger partial charge in [0.1, 0.15) is 0 Å². The van der Waals surface area contributed by atoms with Crippen molar-refractivity contribution in [2.75, 3.05) is 12.4 Å². The fourth-order valence-electron chi connectivity index (χ4n) is 2.26. The predicted octanol–water partition coefficient (Wildman–Crippen LogP) is 2.10. The van der Waals surface area contributed by atoms with Crippen LogP contribution in [0.3, 0.4) is 0 Å². The fourth-order valence-corrected chi connectivity index (χ4v) is 3.75. The van der Waals surface area contributed by atoms with Crippen LogP contribution in [0.5, 0.6) is 0 Å². The second-order valence-electron chi connectivity index (χ2n) is 4.67. The molecule has 4 heteroatoms. The van der Waals surface area contributed by atoms with Crippen molar-refractivity contribution in [3.63, 3.8) is 0 Å². The van der Waals surface area contributed by atoms with Gasteiger partial charge in [-0.1, -0.05) is 24.3 Å². The maximum Gasteiger partial charge on any atom is 0.175 e. The number of aryl methyl sites for hydroxylation is 1. The molecule has 1 aliphatic heterocycles. The first-order valence-corrected chi connectivity index (χ1v) is 7.55. The predicted molar refractivity (Wildman–Crippen MR) is 72.3 cm³/mol. The first-order chi connectivity index (χ1) is 8.59. The molecule has 18 heavy (non-hydrogen) atoms. The Kier molecular flexibility index (Phi) is 4.30. The highest BCUT2D eigenvalue weighted by Crippen LogP contribution is 2.20. The van der Waals surface area contributed by atoms with E-state index in [4.69, 9.17) is 4.74 Å². The lowest BCUT2D eigenvalue weighted by molar-refractivity contribution is 0.102. The molecule has 0 radical (unpaired) electrons. The van der Waals surface area contributed by atoms with Gasteiger partial charge in [-0.3, -0.25) is 9.00 Å². The molecule has 2 rings (SSSR count). The summed E-state index contributed by atoms with van der Waals surface area (Å²) in [6.45, 7) is 4.47. The fraction of sp³-hybridized carbons (Fsp3) is 0.500. The van der Waals surface area contributed by atoms with Crippen molar-refractivity contribution in [1.82, 2.24) is 0 Å². The minimum Gasteiger partial charge on any atom is -0.377 e. The topological polar surface area (TPSA) is 43.4 Å². The van der Waals surface area contributed by atoms with E-state index in [1.165, 1.54) is 0 Å². The van der Waals surface area contributed by atoms with Gasteiger partial charge in [-0.25, -0.2) is 0 Å². The number of hydrogen-bond donors (Lipinski definition) is 0. The van der Waals surface area contributed by atoms with Crippen LogP contribution in [0, 0.1) is 6.92 Å². The average Bonchev–Trinajstić information content (AvgIpc) is 2.76. The summed E-state index contributed by atoms with van der Waals surface area (Å²) in [4.78, 5) is 12.1. The molecule has 0 amide bonds. The third kappa shape index (κ3) is 2.87. The molecular formula is C14H18O3S. The van der Waals surface area contributed by atoms with E-state index in [0.717, 1.165) is 12.0 Å². The van der Waals surface area contributed by atoms with Crippen molar-refractivity contribution >= 4 is 16.6 Å². The highest BCUT2D eigenvalue weighted by molar-refractivity contribution is 7.86. The second kappa shape index (κ2) is 5.76. The summed E-state index contributed by atoms with van der Waals surface area (Å²) in [5, 5.41) is -0.00188. The van der Waals surface area contributed by atoms with E-state index in [0.29, 0.717) is 12.2 Å². The first kappa shape index (κ1) is 13.4. The van der Waals surface area contributed by atoms with Gasteiger partial charge in [0, 0.05) is 23.0 Å². The van der Waals surface area contributed by atoms with Crippen LogP contribution in [-0.2, 0) is 15.5 Å². The van der Waals surface area contributed by atoms with Crippen LogP contribution >= 0.6 is 0 Å². The normalized spacial score (nSPS) is 25.0. The molecule has 1 aromatic rings. The summed E-state index contributed by atoms with van der Waals surface area (Å²) >= 11 is 0. The van der Waals surface area contributed by atoms with E-state index < -0.39 is 10.8 Å². The van der Waals surface area contributed by atoms with Crippen LogP contribution in [0.15, 0.2) is 24.3 Å². The Morgan fingerprint density at radius 3 is 2.78 bits per heavy atom. The van der Waals surface area contributed by atoms with Crippen molar-refractivity contribution < 1.29 is 13.7 Å². The van der Waals surface area contributed by atoms with E-state index in [1.807, 2.05) is 32.0 Å². The summed E-state index contributed by atoms with van der Waals surface area (Å²) in [6, 6.07) is 7.43. The minimum atomic E-state index is -1.14. The number of Topliss-reactive ketones (excluding diaryl/α,β-unsaturated/α-hetero) is 1. The van der Waals surface area contributed by atoms with Gasteiger partial charge in [0.2, 0.25) is 0 Å². The van der Waals surface area contributed by atoms with Crippen molar-refractivity contribution in [3.8, 4) is 0 Å². The zero-order valence-electron chi connectivity index (χ0n) is 10.7. The summed E-state index contributed by atoms with van der Waals surface area (Å²) in [6.07, 6.45) is 0.782. The molecule has 1 aromatic carbocycles. The molecule has 0 spiro atoms. The van der Waals surface area contributed by atoms with E-state index >= 15 is 0 Å². The van der Waals surface area contributed by atoms with Crippen molar-refractivity contribution in [1.29, 1.82) is 0 Å². The molecule has 1 saturated heterocycles. The molecule has 3 unspecified atom stereocenters. The molecule has 0 aromatic heterocycles. The lowest BCUT2D eigenvalue weighted by atomic mass is 10.1. The number of ether oxygens (including phenoxy) is 1. The van der Waals surface area contributed by atoms with Gasteiger partial charge in [0.25, 0.3) is 0 Å². The van der Waals surface area contributed by atoms with Gasteiger partial charge in [-0.15, -0.1) is 0 Å². The summed E-state index contributed by atoms with van der Waals surface area (Å²) < 4.78 is 17.6. The quantitative estimate of drug-likeness (QED) is 0.784. The number of benzene rings is 1. The Balaban J connectivity index is 2.04. The van der Waals surface area contributed by atoms with Crippen molar-refractivity contribution in [2.45, 2.75) is 31.6 Å². The minimum absolute atomic E-state index is 0.00188. The highest BCUT2D eigenvalue weighted by atomic mass is 32.2. The SMILES string of the molecule is Cc1ccccc1C(=O)CS(=O)C1CCOC1C. The zero-order valence-corrected chi connectivity index (χ0v) is 11.5. The Bertz CT molecular complexity index is 470. The van der Waals surface area contributed by atoms with Crippen LogP contribution in [-0.4, -0.2) is 33.7 Å². The molecule has 0 aliphatic carbocycles. The molecule has 0 N–H and O–H groups in total. The van der Waals surface area contributed by atoms with E-state index in [-0.39, 0.29) is 22.9 Å². The Morgan fingerprint density at radius 1 is 1.44 bits per heavy atom. The van der Waals surface area contributed by atoms with Gasteiger partial charge < -0.3 is 4.74 Å². The summed E-state index contributed by atoms with van der Waals surface area (Å²) in [5.41, 5.74) is 1.62. The second-order valence-corrected chi connectivity index (χ2v) is 6.32. The van der Waals surface area contributed by atoms with Crippen LogP contribution in [0.4, 0.5) is 0 Å². The largest absolute Gasteiger partial charge is 0.377 e. The molecule has 3 nitrogen and oxygen atoms in total. The molecule has 3 atom stereocenters. The number of ketones is 1. The monoisotopic (exact) mass is 266 g/mol. The average molecular weight is 266 g/mol. The van der Waals surface area contributed by atoms with Gasteiger partial charge in [0.05, 0.1) is 17.1 Å². The van der Waals surface area contributed by atoms with Gasteiger partial charge in [-0.2, -0.15) is 0 Å². The van der Waals surface area contributed by atoms with Gasteiger partial charge in [-0.05, 0) is 25.8 Å². The number of hydrogen-bond acceptors (Lipinski definition) is 3. The number of carbonyl (C=O) groups is 1. The lowest BCUT2D eigenvalue weighted by Gasteiger charge is -2.13. The third-order valence-electron chi connectivity index (χ3n) is 3.36.